The lowest BCUT2D eigenvalue weighted by Gasteiger charge is -2.22. The first-order chi connectivity index (χ1) is 12.3. The summed E-state index contributed by atoms with van der Waals surface area (Å²) in [4.78, 5) is 24.5. The van der Waals surface area contributed by atoms with Crippen LogP contribution in [0.1, 0.15) is 39.3 Å². The van der Waals surface area contributed by atoms with Crippen molar-refractivity contribution < 1.29 is 27.8 Å². The Morgan fingerprint density at radius 3 is 2.58 bits per heavy atom. The summed E-state index contributed by atoms with van der Waals surface area (Å²) in [7, 11) is -3.81. The minimum absolute atomic E-state index is 0.0556. The maximum atomic E-state index is 14.0. The van der Waals surface area contributed by atoms with E-state index < -0.39 is 36.7 Å². The average molecular weight is 394 g/mol. The predicted octanol–water partition coefficient (Wildman–Crippen LogP) is 1.43. The molecule has 26 heavy (non-hydrogen) atoms. The fourth-order valence-electron chi connectivity index (χ4n) is 2.74. The third-order valence-electron chi connectivity index (χ3n) is 3.96. The lowest BCUT2D eigenvalue weighted by atomic mass is 10.3. The van der Waals surface area contributed by atoms with Crippen LogP contribution in [0.4, 0.5) is 4.39 Å². The van der Waals surface area contributed by atoms with Crippen LogP contribution in [-0.2, 0) is 24.9 Å². The zero-order valence-corrected chi connectivity index (χ0v) is 15.7. The molecule has 2 heterocycles. The standard InChI is InChI=1S/C15H24FN2O7P/c1-3-24-26(22,25-4-2)13(19)7-8-17-14(20)11(16)10-18(15(17)21)12-6-5-9-23-12/h10,12-13,19H,3-9H2,1-2H3. The monoisotopic (exact) mass is 394 g/mol. The smallest absolute Gasteiger partial charge is 0.358 e. The SMILES string of the molecule is CCOP(=O)(OCC)C(O)CCn1c(=O)c(F)cn(C2CCCO2)c1=O. The van der Waals surface area contributed by atoms with Gasteiger partial charge in [0.25, 0.3) is 5.56 Å². The van der Waals surface area contributed by atoms with Gasteiger partial charge in [-0.3, -0.25) is 18.5 Å². The van der Waals surface area contributed by atoms with E-state index in [1.807, 2.05) is 0 Å². The molecule has 0 aromatic carbocycles. The van der Waals surface area contributed by atoms with Crippen molar-refractivity contribution in [3.8, 4) is 0 Å². The summed E-state index contributed by atoms with van der Waals surface area (Å²) >= 11 is 0. The van der Waals surface area contributed by atoms with Crippen molar-refractivity contribution in [1.82, 2.24) is 9.13 Å². The molecule has 1 saturated heterocycles. The maximum absolute atomic E-state index is 14.0. The van der Waals surface area contributed by atoms with Crippen molar-refractivity contribution >= 4 is 7.60 Å². The summed E-state index contributed by atoms with van der Waals surface area (Å²) in [6.45, 7) is 3.40. The summed E-state index contributed by atoms with van der Waals surface area (Å²) in [5.41, 5.74) is -1.86. The summed E-state index contributed by atoms with van der Waals surface area (Å²) in [5, 5.41) is 10.2. The van der Waals surface area contributed by atoms with E-state index in [9.17, 15) is 23.7 Å². The zero-order valence-electron chi connectivity index (χ0n) is 14.8. The molecule has 0 spiro atoms. The molecule has 2 atom stereocenters. The number of aliphatic hydroxyl groups excluding tert-OH is 1. The highest BCUT2D eigenvalue weighted by molar-refractivity contribution is 7.54. The van der Waals surface area contributed by atoms with Gasteiger partial charge in [0.2, 0.25) is 5.82 Å². The van der Waals surface area contributed by atoms with E-state index in [0.717, 1.165) is 17.2 Å². The van der Waals surface area contributed by atoms with Crippen molar-refractivity contribution in [3.05, 3.63) is 32.9 Å². The van der Waals surface area contributed by atoms with E-state index in [1.54, 1.807) is 13.8 Å². The van der Waals surface area contributed by atoms with E-state index in [1.165, 1.54) is 0 Å². The summed E-state index contributed by atoms with van der Waals surface area (Å²) in [6, 6.07) is 0. The number of nitrogens with zero attached hydrogens (tertiary/aromatic N) is 2. The van der Waals surface area contributed by atoms with Crippen LogP contribution in [-0.4, -0.2) is 39.9 Å². The second kappa shape index (κ2) is 9.05. The largest absolute Gasteiger partial charge is 0.380 e. The molecular weight excluding hydrogens is 370 g/mol. The third-order valence-corrected chi connectivity index (χ3v) is 6.19. The van der Waals surface area contributed by atoms with Gasteiger partial charge in [-0.1, -0.05) is 0 Å². The van der Waals surface area contributed by atoms with Crippen LogP contribution in [0.15, 0.2) is 15.8 Å². The van der Waals surface area contributed by atoms with Crippen molar-refractivity contribution in [2.45, 2.75) is 51.7 Å². The van der Waals surface area contributed by atoms with Gasteiger partial charge >= 0.3 is 13.3 Å². The summed E-state index contributed by atoms with van der Waals surface area (Å²) in [6.07, 6.45) is 1.18. The van der Waals surface area contributed by atoms with Crippen molar-refractivity contribution in [2.75, 3.05) is 19.8 Å². The molecule has 148 valence electrons. The van der Waals surface area contributed by atoms with E-state index in [-0.39, 0.29) is 26.2 Å². The van der Waals surface area contributed by atoms with Gasteiger partial charge in [0.1, 0.15) is 6.23 Å². The molecule has 1 fully saturated rings. The first kappa shape index (κ1) is 21.0. The number of halogens is 1. The quantitative estimate of drug-likeness (QED) is 0.631. The molecule has 0 aliphatic carbocycles. The molecule has 1 aliphatic rings. The van der Waals surface area contributed by atoms with Crippen molar-refractivity contribution in [2.24, 2.45) is 0 Å². The summed E-state index contributed by atoms with van der Waals surface area (Å²) < 4.78 is 43.5. The highest BCUT2D eigenvalue weighted by Crippen LogP contribution is 2.53. The Morgan fingerprint density at radius 2 is 2.04 bits per heavy atom. The first-order valence-electron chi connectivity index (χ1n) is 8.54. The number of hydrogen-bond donors (Lipinski definition) is 1. The average Bonchev–Trinajstić information content (AvgIpc) is 3.12. The van der Waals surface area contributed by atoms with E-state index in [0.29, 0.717) is 17.6 Å². The Morgan fingerprint density at radius 1 is 1.38 bits per heavy atom. The van der Waals surface area contributed by atoms with E-state index in [4.69, 9.17) is 13.8 Å². The number of hydrogen-bond acceptors (Lipinski definition) is 7. The number of ether oxygens (including phenoxy) is 1. The molecule has 0 radical (unpaired) electrons. The van der Waals surface area contributed by atoms with Crippen LogP contribution in [0.2, 0.25) is 0 Å². The van der Waals surface area contributed by atoms with Gasteiger partial charge < -0.3 is 18.9 Å². The van der Waals surface area contributed by atoms with Crippen LogP contribution >= 0.6 is 7.60 Å². The first-order valence-corrected chi connectivity index (χ1v) is 10.1. The second-order valence-corrected chi connectivity index (χ2v) is 7.93. The second-order valence-electron chi connectivity index (χ2n) is 5.74. The third kappa shape index (κ3) is 4.50. The molecule has 1 aromatic rings. The minimum Gasteiger partial charge on any atom is -0.380 e. The molecule has 11 heteroatoms. The van der Waals surface area contributed by atoms with E-state index in [2.05, 4.69) is 0 Å². The predicted molar refractivity (Wildman–Crippen MR) is 90.6 cm³/mol. The summed E-state index contributed by atoms with van der Waals surface area (Å²) in [5.74, 6) is -2.65. The molecular formula is C15H24FN2O7P. The Hall–Kier alpha value is -1.32. The Bertz CT molecular complexity index is 762. The molecule has 0 saturated carbocycles. The van der Waals surface area contributed by atoms with Gasteiger partial charge in [-0.15, -0.1) is 0 Å². The lowest BCUT2D eigenvalue weighted by molar-refractivity contribution is 0.0500. The maximum Gasteiger partial charge on any atom is 0.358 e. The van der Waals surface area contributed by atoms with Crippen molar-refractivity contribution in [3.63, 3.8) is 0 Å². The van der Waals surface area contributed by atoms with Crippen LogP contribution in [0.3, 0.4) is 0 Å². The van der Waals surface area contributed by atoms with Crippen LogP contribution < -0.4 is 11.2 Å². The fourth-order valence-corrected chi connectivity index (χ4v) is 4.31. The fraction of sp³-hybridized carbons (Fsp3) is 0.733. The molecule has 0 amide bonds. The molecule has 0 bridgehead atoms. The Balaban J connectivity index is 2.24. The normalized spacial score (nSPS) is 19.0. The molecule has 2 rings (SSSR count). The van der Waals surface area contributed by atoms with Gasteiger partial charge in [0, 0.05) is 19.6 Å². The minimum atomic E-state index is -3.81. The highest BCUT2D eigenvalue weighted by Gasteiger charge is 2.34. The lowest BCUT2D eigenvalue weighted by Crippen LogP contribution is -2.43. The number of rotatable bonds is 9. The van der Waals surface area contributed by atoms with Gasteiger partial charge in [0.15, 0.2) is 5.85 Å². The number of aliphatic hydroxyl groups is 1. The van der Waals surface area contributed by atoms with Gasteiger partial charge in [-0.25, -0.2) is 4.79 Å². The molecule has 2 unspecified atom stereocenters. The highest BCUT2D eigenvalue weighted by atomic mass is 31.2. The van der Waals surface area contributed by atoms with Crippen LogP contribution in [0.5, 0.6) is 0 Å². The zero-order chi connectivity index (χ0) is 19.3. The number of aromatic nitrogens is 2. The van der Waals surface area contributed by atoms with Gasteiger partial charge in [-0.2, -0.15) is 4.39 Å². The Kier molecular flexibility index (Phi) is 7.31. The van der Waals surface area contributed by atoms with E-state index >= 15 is 0 Å². The van der Waals surface area contributed by atoms with Gasteiger partial charge in [-0.05, 0) is 26.7 Å². The topological polar surface area (TPSA) is 109 Å². The van der Waals surface area contributed by atoms with Crippen molar-refractivity contribution in [1.29, 1.82) is 0 Å². The molecule has 1 N–H and O–H groups in total. The molecule has 9 nitrogen and oxygen atoms in total. The molecule has 1 aliphatic heterocycles. The van der Waals surface area contributed by atoms with Crippen LogP contribution in [0.25, 0.3) is 0 Å². The van der Waals surface area contributed by atoms with Gasteiger partial charge in [0.05, 0.1) is 19.4 Å². The van der Waals surface area contributed by atoms with Crippen LogP contribution in [0, 0.1) is 5.82 Å². The molecule has 1 aromatic heterocycles. The Labute approximate surface area is 149 Å².